The smallest absolute Gasteiger partial charge is 0.366 e. The molecule has 7 heteroatoms. The van der Waals surface area contributed by atoms with E-state index < -0.39 is 17.6 Å². The first-order chi connectivity index (χ1) is 9.77. The molecule has 0 bridgehead atoms. The summed E-state index contributed by atoms with van der Waals surface area (Å²) in [5.74, 6) is -0.911. The summed E-state index contributed by atoms with van der Waals surface area (Å²) in [6.07, 6.45) is -4.52. The van der Waals surface area contributed by atoms with Gasteiger partial charge in [0, 0.05) is 14.8 Å². The highest BCUT2D eigenvalue weighted by Crippen LogP contribution is 2.36. The van der Waals surface area contributed by atoms with Crippen molar-refractivity contribution in [2.24, 2.45) is 5.73 Å². The van der Waals surface area contributed by atoms with Gasteiger partial charge in [-0.2, -0.15) is 13.2 Å². The monoisotopic (exact) mass is 331 g/mol. The van der Waals surface area contributed by atoms with Crippen LogP contribution >= 0.6 is 23.4 Å². The first-order valence-electron chi connectivity index (χ1n) is 5.72. The van der Waals surface area contributed by atoms with Gasteiger partial charge in [0.1, 0.15) is 0 Å². The number of hydrogen-bond acceptors (Lipinski definition) is 2. The van der Waals surface area contributed by atoms with E-state index in [0.29, 0.717) is 14.8 Å². The number of benzene rings is 2. The van der Waals surface area contributed by atoms with Gasteiger partial charge in [0.2, 0.25) is 5.91 Å². The van der Waals surface area contributed by atoms with E-state index in [0.717, 1.165) is 23.9 Å². The lowest BCUT2D eigenvalue weighted by atomic mass is 10.1. The summed E-state index contributed by atoms with van der Waals surface area (Å²) < 4.78 is 38.0. The van der Waals surface area contributed by atoms with Crippen molar-refractivity contribution < 1.29 is 18.0 Å². The van der Waals surface area contributed by atoms with Crippen LogP contribution in [0.5, 0.6) is 0 Å². The Morgan fingerprint density at radius 1 is 1.14 bits per heavy atom. The number of amides is 1. The van der Waals surface area contributed by atoms with Crippen molar-refractivity contribution >= 4 is 29.3 Å². The van der Waals surface area contributed by atoms with Crippen molar-refractivity contribution in [3.63, 3.8) is 0 Å². The van der Waals surface area contributed by atoms with E-state index in [-0.39, 0.29) is 5.56 Å². The van der Waals surface area contributed by atoms with Gasteiger partial charge in [0.05, 0.1) is 11.1 Å². The zero-order valence-corrected chi connectivity index (χ0v) is 12.0. The lowest BCUT2D eigenvalue weighted by molar-refractivity contribution is -0.137. The van der Waals surface area contributed by atoms with Gasteiger partial charge in [-0.15, -0.1) is 0 Å². The molecule has 0 spiro atoms. The molecule has 2 N–H and O–H groups in total. The normalized spacial score (nSPS) is 11.4. The fourth-order valence-electron chi connectivity index (χ4n) is 1.65. The predicted octanol–water partition coefficient (Wildman–Crippen LogP) is 4.61. The molecule has 2 rings (SSSR count). The number of carbonyl (C=O) groups excluding carboxylic acids is 1. The van der Waals surface area contributed by atoms with Crippen LogP contribution in [0, 0.1) is 0 Å². The van der Waals surface area contributed by atoms with Crippen LogP contribution in [0.15, 0.2) is 52.3 Å². The molecular weight excluding hydrogens is 323 g/mol. The van der Waals surface area contributed by atoms with Crippen molar-refractivity contribution in [3.05, 3.63) is 58.6 Å². The maximum atomic E-state index is 12.7. The second kappa shape index (κ2) is 5.99. The van der Waals surface area contributed by atoms with Crippen LogP contribution in [0.25, 0.3) is 0 Å². The van der Waals surface area contributed by atoms with E-state index in [4.69, 9.17) is 17.3 Å². The van der Waals surface area contributed by atoms with Crippen molar-refractivity contribution in [1.29, 1.82) is 0 Å². The van der Waals surface area contributed by atoms with Crippen LogP contribution in [-0.4, -0.2) is 5.91 Å². The highest BCUT2D eigenvalue weighted by atomic mass is 35.5. The third-order valence-electron chi connectivity index (χ3n) is 2.60. The second-order valence-electron chi connectivity index (χ2n) is 4.13. The van der Waals surface area contributed by atoms with Crippen molar-refractivity contribution in [3.8, 4) is 0 Å². The van der Waals surface area contributed by atoms with Crippen LogP contribution in [0.2, 0.25) is 5.02 Å². The van der Waals surface area contributed by atoms with Gasteiger partial charge in [0.25, 0.3) is 0 Å². The van der Waals surface area contributed by atoms with Gasteiger partial charge < -0.3 is 5.73 Å². The van der Waals surface area contributed by atoms with Crippen LogP contribution in [-0.2, 0) is 6.18 Å². The van der Waals surface area contributed by atoms with Crippen LogP contribution in [0.4, 0.5) is 13.2 Å². The van der Waals surface area contributed by atoms with Gasteiger partial charge in [-0.05, 0) is 36.4 Å². The molecule has 2 aromatic rings. The Morgan fingerprint density at radius 2 is 1.86 bits per heavy atom. The third kappa shape index (κ3) is 3.92. The molecule has 2 nitrogen and oxygen atoms in total. The van der Waals surface area contributed by atoms with Gasteiger partial charge in [-0.25, -0.2) is 0 Å². The number of nitrogens with two attached hydrogens (primary N) is 1. The standard InChI is InChI=1S/C14H9ClF3NOS/c15-9-2-1-3-10(7-9)21-12-5-4-8(14(16,17)18)6-11(12)13(19)20/h1-7H,(H2,19,20). The lowest BCUT2D eigenvalue weighted by Gasteiger charge is -2.11. The third-order valence-corrected chi connectivity index (χ3v) is 3.90. The summed E-state index contributed by atoms with van der Waals surface area (Å²) in [7, 11) is 0. The quantitative estimate of drug-likeness (QED) is 0.892. The van der Waals surface area contributed by atoms with E-state index >= 15 is 0 Å². The van der Waals surface area contributed by atoms with E-state index in [1.807, 2.05) is 0 Å². The average Bonchev–Trinajstić information content (AvgIpc) is 2.37. The Labute approximate surface area is 128 Å². The number of alkyl halides is 3. The van der Waals surface area contributed by atoms with E-state index in [1.165, 1.54) is 6.07 Å². The Bertz CT molecular complexity index is 688. The maximum absolute atomic E-state index is 12.7. The molecule has 0 radical (unpaired) electrons. The maximum Gasteiger partial charge on any atom is 0.416 e. The van der Waals surface area contributed by atoms with Gasteiger partial charge in [-0.3, -0.25) is 4.79 Å². The van der Waals surface area contributed by atoms with E-state index in [2.05, 4.69) is 0 Å². The van der Waals surface area contributed by atoms with Gasteiger partial charge >= 0.3 is 6.18 Å². The summed E-state index contributed by atoms with van der Waals surface area (Å²) in [6, 6.07) is 9.67. The van der Waals surface area contributed by atoms with E-state index in [1.54, 1.807) is 24.3 Å². The Balaban J connectivity index is 2.42. The summed E-state index contributed by atoms with van der Waals surface area (Å²) in [5, 5.41) is 0.493. The molecule has 110 valence electrons. The summed E-state index contributed by atoms with van der Waals surface area (Å²) >= 11 is 6.97. The summed E-state index contributed by atoms with van der Waals surface area (Å²) in [4.78, 5) is 12.4. The molecule has 0 saturated carbocycles. The molecule has 0 heterocycles. The number of rotatable bonds is 3. The predicted molar refractivity (Wildman–Crippen MR) is 75.5 cm³/mol. The molecule has 0 atom stereocenters. The molecule has 21 heavy (non-hydrogen) atoms. The second-order valence-corrected chi connectivity index (χ2v) is 5.68. The van der Waals surface area contributed by atoms with Crippen LogP contribution in [0.3, 0.4) is 0 Å². The largest absolute Gasteiger partial charge is 0.416 e. The zero-order valence-electron chi connectivity index (χ0n) is 10.4. The first-order valence-corrected chi connectivity index (χ1v) is 6.91. The van der Waals surface area contributed by atoms with E-state index in [9.17, 15) is 18.0 Å². The molecule has 0 unspecified atom stereocenters. The average molecular weight is 332 g/mol. The molecule has 1 amide bonds. The topological polar surface area (TPSA) is 43.1 Å². The molecule has 0 fully saturated rings. The SMILES string of the molecule is NC(=O)c1cc(C(F)(F)F)ccc1Sc1cccc(Cl)c1. The zero-order chi connectivity index (χ0) is 15.6. The Hall–Kier alpha value is -1.66. The number of carbonyl (C=O) groups is 1. The Kier molecular flexibility index (Phi) is 4.49. The molecule has 2 aromatic carbocycles. The highest BCUT2D eigenvalue weighted by molar-refractivity contribution is 7.99. The van der Waals surface area contributed by atoms with Gasteiger partial charge in [0.15, 0.2) is 0 Å². The molecular formula is C14H9ClF3NOS. The van der Waals surface area contributed by atoms with Crippen molar-refractivity contribution in [1.82, 2.24) is 0 Å². The summed E-state index contributed by atoms with van der Waals surface area (Å²) in [5.41, 5.74) is 4.08. The number of primary amides is 1. The van der Waals surface area contributed by atoms with Crippen molar-refractivity contribution in [2.75, 3.05) is 0 Å². The number of halogens is 4. The van der Waals surface area contributed by atoms with Crippen LogP contribution in [0.1, 0.15) is 15.9 Å². The van der Waals surface area contributed by atoms with Crippen molar-refractivity contribution in [2.45, 2.75) is 16.0 Å². The fourth-order valence-corrected chi connectivity index (χ4v) is 2.89. The van der Waals surface area contributed by atoms with Crippen LogP contribution < -0.4 is 5.73 Å². The molecule has 0 aliphatic carbocycles. The highest BCUT2D eigenvalue weighted by Gasteiger charge is 2.31. The molecule has 0 aliphatic rings. The lowest BCUT2D eigenvalue weighted by Crippen LogP contribution is -2.14. The van der Waals surface area contributed by atoms with Gasteiger partial charge in [-0.1, -0.05) is 29.4 Å². The number of hydrogen-bond donors (Lipinski definition) is 1. The minimum absolute atomic E-state index is 0.171. The first kappa shape index (κ1) is 15.7. The molecule has 0 aliphatic heterocycles. The molecule has 0 saturated heterocycles. The minimum atomic E-state index is -4.52. The minimum Gasteiger partial charge on any atom is -0.366 e. The summed E-state index contributed by atoms with van der Waals surface area (Å²) in [6.45, 7) is 0. The molecule has 0 aromatic heterocycles. The Morgan fingerprint density at radius 3 is 2.43 bits per heavy atom. The fraction of sp³-hybridized carbons (Fsp3) is 0.0714.